The SMILES string of the molecule is CC1CCN(c2ncc(CNC(C)C)cn2)C(C)C1. The van der Waals surface area contributed by atoms with Gasteiger partial charge >= 0.3 is 0 Å². The zero-order chi connectivity index (χ0) is 13.8. The van der Waals surface area contributed by atoms with Crippen LogP contribution in [0.5, 0.6) is 0 Å². The van der Waals surface area contributed by atoms with Crippen molar-refractivity contribution in [1.29, 1.82) is 0 Å². The molecule has 1 aromatic rings. The highest BCUT2D eigenvalue weighted by molar-refractivity contribution is 5.32. The molecular weight excluding hydrogens is 236 g/mol. The molecule has 0 aromatic carbocycles. The number of anilines is 1. The summed E-state index contributed by atoms with van der Waals surface area (Å²) in [6.07, 6.45) is 6.37. The van der Waals surface area contributed by atoms with Crippen molar-refractivity contribution < 1.29 is 0 Å². The molecule has 0 radical (unpaired) electrons. The van der Waals surface area contributed by atoms with E-state index in [0.29, 0.717) is 12.1 Å². The zero-order valence-corrected chi connectivity index (χ0v) is 12.6. The van der Waals surface area contributed by atoms with Crippen LogP contribution in [0.3, 0.4) is 0 Å². The monoisotopic (exact) mass is 262 g/mol. The van der Waals surface area contributed by atoms with Gasteiger partial charge < -0.3 is 10.2 Å². The average Bonchev–Trinajstić information content (AvgIpc) is 2.37. The number of piperidine rings is 1. The van der Waals surface area contributed by atoms with Crippen LogP contribution in [0.1, 0.15) is 46.1 Å². The third kappa shape index (κ3) is 3.90. The third-order valence-electron chi connectivity index (χ3n) is 3.80. The van der Waals surface area contributed by atoms with Gasteiger partial charge in [-0.3, -0.25) is 0 Å². The van der Waals surface area contributed by atoms with Crippen molar-refractivity contribution in [2.45, 2.75) is 59.2 Å². The smallest absolute Gasteiger partial charge is 0.225 e. The Morgan fingerprint density at radius 2 is 2.00 bits per heavy atom. The lowest BCUT2D eigenvalue weighted by atomic mass is 9.94. The predicted molar refractivity (Wildman–Crippen MR) is 79.2 cm³/mol. The lowest BCUT2D eigenvalue weighted by molar-refractivity contribution is 0.374. The Kier molecular flexibility index (Phi) is 4.75. The van der Waals surface area contributed by atoms with E-state index in [2.05, 4.69) is 47.9 Å². The Morgan fingerprint density at radius 3 is 2.58 bits per heavy atom. The molecule has 2 atom stereocenters. The average molecular weight is 262 g/mol. The normalized spacial score (nSPS) is 23.9. The summed E-state index contributed by atoms with van der Waals surface area (Å²) in [5.41, 5.74) is 1.15. The minimum absolute atomic E-state index is 0.489. The predicted octanol–water partition coefficient (Wildman–Crippen LogP) is 2.60. The molecule has 0 aliphatic carbocycles. The van der Waals surface area contributed by atoms with Crippen LogP contribution in [0.15, 0.2) is 12.4 Å². The molecule has 0 amide bonds. The quantitative estimate of drug-likeness (QED) is 0.905. The largest absolute Gasteiger partial charge is 0.338 e. The third-order valence-corrected chi connectivity index (χ3v) is 3.80. The van der Waals surface area contributed by atoms with Crippen LogP contribution in [0.2, 0.25) is 0 Å². The van der Waals surface area contributed by atoms with Crippen LogP contribution in [-0.4, -0.2) is 28.6 Å². The molecule has 0 bridgehead atoms. The maximum Gasteiger partial charge on any atom is 0.225 e. The first-order valence-electron chi connectivity index (χ1n) is 7.37. The van der Waals surface area contributed by atoms with Crippen LogP contribution >= 0.6 is 0 Å². The van der Waals surface area contributed by atoms with Gasteiger partial charge in [-0.25, -0.2) is 9.97 Å². The molecule has 1 fully saturated rings. The fourth-order valence-electron chi connectivity index (χ4n) is 2.61. The molecular formula is C15H26N4. The second-order valence-corrected chi connectivity index (χ2v) is 6.10. The summed E-state index contributed by atoms with van der Waals surface area (Å²) >= 11 is 0. The molecule has 1 saturated heterocycles. The van der Waals surface area contributed by atoms with E-state index in [-0.39, 0.29) is 0 Å². The lowest BCUT2D eigenvalue weighted by Crippen LogP contribution is -2.41. The molecule has 1 aliphatic heterocycles. The molecule has 0 spiro atoms. The van der Waals surface area contributed by atoms with E-state index in [1.807, 2.05) is 12.4 Å². The highest BCUT2D eigenvalue weighted by Gasteiger charge is 2.24. The van der Waals surface area contributed by atoms with Crippen LogP contribution in [0.25, 0.3) is 0 Å². The summed E-state index contributed by atoms with van der Waals surface area (Å²) in [5, 5.41) is 3.38. The summed E-state index contributed by atoms with van der Waals surface area (Å²) in [4.78, 5) is 11.4. The van der Waals surface area contributed by atoms with E-state index >= 15 is 0 Å². The molecule has 19 heavy (non-hydrogen) atoms. The van der Waals surface area contributed by atoms with E-state index < -0.39 is 0 Å². The van der Waals surface area contributed by atoms with Crippen molar-refractivity contribution in [2.24, 2.45) is 5.92 Å². The Balaban J connectivity index is 1.98. The van der Waals surface area contributed by atoms with E-state index in [9.17, 15) is 0 Å². The van der Waals surface area contributed by atoms with Crippen molar-refractivity contribution in [3.8, 4) is 0 Å². The van der Waals surface area contributed by atoms with Crippen molar-refractivity contribution in [1.82, 2.24) is 15.3 Å². The highest BCUT2D eigenvalue weighted by Crippen LogP contribution is 2.25. The van der Waals surface area contributed by atoms with E-state index in [4.69, 9.17) is 0 Å². The first-order valence-corrected chi connectivity index (χ1v) is 7.37. The summed E-state index contributed by atoms with van der Waals surface area (Å²) in [6, 6.07) is 1.03. The summed E-state index contributed by atoms with van der Waals surface area (Å²) in [7, 11) is 0. The van der Waals surface area contributed by atoms with E-state index in [1.165, 1.54) is 12.8 Å². The van der Waals surface area contributed by atoms with E-state index in [0.717, 1.165) is 30.5 Å². The molecule has 4 nitrogen and oxygen atoms in total. The number of hydrogen-bond acceptors (Lipinski definition) is 4. The molecule has 2 heterocycles. The van der Waals surface area contributed by atoms with Gasteiger partial charge in [-0.1, -0.05) is 20.8 Å². The topological polar surface area (TPSA) is 41.1 Å². The van der Waals surface area contributed by atoms with Gasteiger partial charge in [0.25, 0.3) is 0 Å². The van der Waals surface area contributed by atoms with Crippen molar-refractivity contribution in [3.05, 3.63) is 18.0 Å². The van der Waals surface area contributed by atoms with Gasteiger partial charge in [0, 0.05) is 43.1 Å². The maximum atomic E-state index is 4.53. The fraction of sp³-hybridized carbons (Fsp3) is 0.733. The van der Waals surface area contributed by atoms with Crippen LogP contribution < -0.4 is 10.2 Å². The van der Waals surface area contributed by atoms with Crippen LogP contribution in [0, 0.1) is 5.92 Å². The Morgan fingerprint density at radius 1 is 1.32 bits per heavy atom. The number of rotatable bonds is 4. The van der Waals surface area contributed by atoms with Crippen molar-refractivity contribution in [3.63, 3.8) is 0 Å². The molecule has 106 valence electrons. The van der Waals surface area contributed by atoms with E-state index in [1.54, 1.807) is 0 Å². The number of hydrogen-bond donors (Lipinski definition) is 1. The minimum Gasteiger partial charge on any atom is -0.338 e. The summed E-state index contributed by atoms with van der Waals surface area (Å²) in [5.74, 6) is 1.70. The Hall–Kier alpha value is -1.16. The number of nitrogens with zero attached hydrogens (tertiary/aromatic N) is 3. The standard InChI is InChI=1S/C15H26N4/c1-11(2)16-8-14-9-17-15(18-10-14)19-6-5-12(3)7-13(19)4/h9-13,16H,5-8H2,1-4H3. The first kappa shape index (κ1) is 14.3. The van der Waals surface area contributed by atoms with Crippen molar-refractivity contribution in [2.75, 3.05) is 11.4 Å². The number of aromatic nitrogens is 2. The molecule has 1 aromatic heterocycles. The molecule has 4 heteroatoms. The van der Waals surface area contributed by atoms with Crippen LogP contribution in [0.4, 0.5) is 5.95 Å². The maximum absolute atomic E-state index is 4.53. The van der Waals surface area contributed by atoms with Crippen LogP contribution in [-0.2, 0) is 6.54 Å². The Bertz CT molecular complexity index is 388. The van der Waals surface area contributed by atoms with Gasteiger partial charge in [-0.05, 0) is 25.7 Å². The first-order chi connectivity index (χ1) is 9.06. The fourth-order valence-corrected chi connectivity index (χ4v) is 2.61. The summed E-state index contributed by atoms with van der Waals surface area (Å²) < 4.78 is 0. The van der Waals surface area contributed by atoms with Gasteiger partial charge in [-0.15, -0.1) is 0 Å². The van der Waals surface area contributed by atoms with Gasteiger partial charge in [0.05, 0.1) is 0 Å². The zero-order valence-electron chi connectivity index (χ0n) is 12.6. The molecule has 1 N–H and O–H groups in total. The van der Waals surface area contributed by atoms with Gasteiger partial charge in [0.2, 0.25) is 5.95 Å². The molecule has 2 rings (SSSR count). The van der Waals surface area contributed by atoms with Gasteiger partial charge in [0.15, 0.2) is 0 Å². The molecule has 1 aliphatic rings. The highest BCUT2D eigenvalue weighted by atomic mass is 15.3. The van der Waals surface area contributed by atoms with Gasteiger partial charge in [0.1, 0.15) is 0 Å². The lowest BCUT2D eigenvalue weighted by Gasteiger charge is -2.36. The van der Waals surface area contributed by atoms with Crippen molar-refractivity contribution >= 4 is 5.95 Å². The molecule has 0 saturated carbocycles. The molecule has 2 unspecified atom stereocenters. The number of nitrogens with one attached hydrogen (secondary N) is 1. The second kappa shape index (κ2) is 6.33. The summed E-state index contributed by atoms with van der Waals surface area (Å²) in [6.45, 7) is 10.8. The Labute approximate surface area is 116 Å². The van der Waals surface area contributed by atoms with Gasteiger partial charge in [-0.2, -0.15) is 0 Å². The second-order valence-electron chi connectivity index (χ2n) is 6.10. The minimum atomic E-state index is 0.489.